The van der Waals surface area contributed by atoms with E-state index in [1.54, 1.807) is 19.9 Å². The minimum atomic E-state index is -3.65. The summed E-state index contributed by atoms with van der Waals surface area (Å²) in [5.74, 6) is 0.579. The molecular weight excluding hydrogens is 392 g/mol. The van der Waals surface area contributed by atoms with Crippen LogP contribution in [0.25, 0.3) is 0 Å². The van der Waals surface area contributed by atoms with Gasteiger partial charge >= 0.3 is 0 Å². The monoisotopic (exact) mass is 420 g/mol. The molecule has 2 rings (SSSR count). The molecule has 1 N–H and O–H groups in total. The van der Waals surface area contributed by atoms with Gasteiger partial charge in [-0.1, -0.05) is 26.0 Å². The number of sulfonamides is 1. The quantitative estimate of drug-likeness (QED) is 0.672. The Hall–Kier alpha value is -2.58. The molecule has 1 amide bonds. The van der Waals surface area contributed by atoms with Gasteiger partial charge in [0.1, 0.15) is 11.5 Å². The van der Waals surface area contributed by atoms with E-state index < -0.39 is 15.9 Å². The SMILES string of the molecule is CCN(CC)S(=O)(=O)c1ccc(OC)c(NC(=O)COc2cccc(C)c2C)c1. The molecule has 29 heavy (non-hydrogen) atoms. The minimum absolute atomic E-state index is 0.0905. The second-order valence-corrected chi connectivity index (χ2v) is 8.42. The van der Waals surface area contributed by atoms with Gasteiger partial charge in [0.2, 0.25) is 10.0 Å². The van der Waals surface area contributed by atoms with Crippen LogP contribution in [0.5, 0.6) is 11.5 Å². The number of amides is 1. The third kappa shape index (κ3) is 5.27. The molecule has 0 bridgehead atoms. The number of hydrogen-bond acceptors (Lipinski definition) is 5. The summed E-state index contributed by atoms with van der Waals surface area (Å²) in [6, 6.07) is 10.0. The topological polar surface area (TPSA) is 84.9 Å². The predicted molar refractivity (Wildman–Crippen MR) is 113 cm³/mol. The van der Waals surface area contributed by atoms with E-state index in [4.69, 9.17) is 9.47 Å². The van der Waals surface area contributed by atoms with Crippen LogP contribution in [-0.4, -0.2) is 45.4 Å². The summed E-state index contributed by atoms with van der Waals surface area (Å²) in [6.45, 7) is 7.95. The first kappa shape index (κ1) is 22.7. The van der Waals surface area contributed by atoms with E-state index in [0.717, 1.165) is 11.1 Å². The highest BCUT2D eigenvalue weighted by Crippen LogP contribution is 2.29. The molecule has 0 radical (unpaired) electrons. The molecule has 8 heteroatoms. The molecule has 2 aromatic carbocycles. The third-order valence-electron chi connectivity index (χ3n) is 4.70. The van der Waals surface area contributed by atoms with Crippen molar-refractivity contribution in [2.24, 2.45) is 0 Å². The van der Waals surface area contributed by atoms with Gasteiger partial charge in [-0.3, -0.25) is 4.79 Å². The molecule has 7 nitrogen and oxygen atoms in total. The van der Waals surface area contributed by atoms with Crippen LogP contribution in [0.3, 0.4) is 0 Å². The van der Waals surface area contributed by atoms with Crippen molar-refractivity contribution in [3.05, 3.63) is 47.5 Å². The number of hydrogen-bond donors (Lipinski definition) is 1. The van der Waals surface area contributed by atoms with Crippen LogP contribution in [0.15, 0.2) is 41.3 Å². The molecular formula is C21H28N2O5S. The Morgan fingerprint density at radius 3 is 2.38 bits per heavy atom. The fourth-order valence-electron chi connectivity index (χ4n) is 2.87. The molecule has 0 aliphatic heterocycles. The van der Waals surface area contributed by atoms with Gasteiger partial charge in [0.15, 0.2) is 6.61 Å². The number of rotatable bonds is 9. The van der Waals surface area contributed by atoms with Crippen molar-refractivity contribution in [2.75, 3.05) is 32.1 Å². The van der Waals surface area contributed by atoms with Gasteiger partial charge in [-0.05, 0) is 49.2 Å². The van der Waals surface area contributed by atoms with Crippen LogP contribution < -0.4 is 14.8 Å². The van der Waals surface area contributed by atoms with Gasteiger partial charge in [0.25, 0.3) is 5.91 Å². The lowest BCUT2D eigenvalue weighted by atomic mass is 10.1. The highest BCUT2D eigenvalue weighted by molar-refractivity contribution is 7.89. The summed E-state index contributed by atoms with van der Waals surface area (Å²) in [6.07, 6.45) is 0. The van der Waals surface area contributed by atoms with Crippen LogP contribution in [0.2, 0.25) is 0 Å². The van der Waals surface area contributed by atoms with Crippen LogP contribution >= 0.6 is 0 Å². The summed E-state index contributed by atoms with van der Waals surface area (Å²) in [5.41, 5.74) is 2.30. The number of nitrogens with one attached hydrogen (secondary N) is 1. The summed E-state index contributed by atoms with van der Waals surface area (Å²) in [7, 11) is -2.20. The minimum Gasteiger partial charge on any atom is -0.495 e. The van der Waals surface area contributed by atoms with Crippen molar-refractivity contribution in [1.82, 2.24) is 4.31 Å². The Labute approximate surface area is 172 Å². The highest BCUT2D eigenvalue weighted by Gasteiger charge is 2.23. The maximum atomic E-state index is 12.8. The van der Waals surface area contributed by atoms with Crippen LogP contribution in [0, 0.1) is 13.8 Å². The molecule has 0 fully saturated rings. The molecule has 2 aromatic rings. The van der Waals surface area contributed by atoms with Gasteiger partial charge in [0.05, 0.1) is 17.7 Å². The van der Waals surface area contributed by atoms with E-state index >= 15 is 0 Å². The van der Waals surface area contributed by atoms with Gasteiger partial charge < -0.3 is 14.8 Å². The van der Waals surface area contributed by atoms with Crippen molar-refractivity contribution in [2.45, 2.75) is 32.6 Å². The molecule has 0 heterocycles. The third-order valence-corrected chi connectivity index (χ3v) is 6.75. The smallest absolute Gasteiger partial charge is 0.262 e. The molecule has 0 unspecified atom stereocenters. The molecule has 0 saturated heterocycles. The molecule has 0 aliphatic carbocycles. The van der Waals surface area contributed by atoms with Crippen LogP contribution in [-0.2, 0) is 14.8 Å². The van der Waals surface area contributed by atoms with Gasteiger partial charge in [-0.2, -0.15) is 4.31 Å². The predicted octanol–water partition coefficient (Wildman–Crippen LogP) is 3.36. The number of methoxy groups -OCH3 is 1. The maximum absolute atomic E-state index is 12.8. The standard InChI is InChI=1S/C21H28N2O5S/c1-6-23(7-2)29(25,26)17-11-12-20(27-5)18(13-17)22-21(24)14-28-19-10-8-9-15(3)16(19)4/h8-13H,6-7,14H2,1-5H3,(H,22,24). The first-order valence-corrected chi connectivity index (χ1v) is 10.9. The van der Waals surface area contributed by atoms with E-state index in [1.165, 1.54) is 29.6 Å². The van der Waals surface area contributed by atoms with Crippen molar-refractivity contribution in [3.63, 3.8) is 0 Å². The fourth-order valence-corrected chi connectivity index (χ4v) is 4.35. The Bertz CT molecular complexity index is 969. The van der Waals surface area contributed by atoms with Gasteiger partial charge in [-0.15, -0.1) is 0 Å². The summed E-state index contributed by atoms with van der Waals surface area (Å²) >= 11 is 0. The lowest BCUT2D eigenvalue weighted by Crippen LogP contribution is -2.30. The summed E-state index contributed by atoms with van der Waals surface area (Å²) < 4.78 is 37.7. The Balaban J connectivity index is 2.20. The summed E-state index contributed by atoms with van der Waals surface area (Å²) in [4.78, 5) is 12.5. The van der Waals surface area contributed by atoms with E-state index in [9.17, 15) is 13.2 Å². The first-order chi connectivity index (χ1) is 13.7. The number of nitrogens with zero attached hydrogens (tertiary/aromatic N) is 1. The average Bonchev–Trinajstić information content (AvgIpc) is 2.69. The summed E-state index contributed by atoms with van der Waals surface area (Å²) in [5, 5.41) is 2.68. The van der Waals surface area contributed by atoms with Crippen molar-refractivity contribution in [3.8, 4) is 11.5 Å². The van der Waals surface area contributed by atoms with E-state index in [1.807, 2.05) is 26.0 Å². The molecule has 0 saturated carbocycles. The number of carbonyl (C=O) groups is 1. The average molecular weight is 421 g/mol. The zero-order valence-electron chi connectivity index (χ0n) is 17.5. The highest BCUT2D eigenvalue weighted by atomic mass is 32.2. The second-order valence-electron chi connectivity index (χ2n) is 6.49. The molecule has 0 aromatic heterocycles. The Morgan fingerprint density at radius 2 is 1.76 bits per heavy atom. The fraction of sp³-hybridized carbons (Fsp3) is 0.381. The van der Waals surface area contributed by atoms with E-state index in [2.05, 4.69) is 5.32 Å². The van der Waals surface area contributed by atoms with Crippen LogP contribution in [0.1, 0.15) is 25.0 Å². The van der Waals surface area contributed by atoms with E-state index in [-0.39, 0.29) is 17.2 Å². The zero-order chi connectivity index (χ0) is 21.6. The van der Waals surface area contributed by atoms with E-state index in [0.29, 0.717) is 24.6 Å². The first-order valence-electron chi connectivity index (χ1n) is 9.41. The van der Waals surface area contributed by atoms with Crippen molar-refractivity contribution < 1.29 is 22.7 Å². The number of ether oxygens (including phenoxy) is 2. The molecule has 0 spiro atoms. The van der Waals surface area contributed by atoms with Crippen molar-refractivity contribution in [1.29, 1.82) is 0 Å². The van der Waals surface area contributed by atoms with Gasteiger partial charge in [-0.25, -0.2) is 8.42 Å². The maximum Gasteiger partial charge on any atom is 0.262 e. The largest absolute Gasteiger partial charge is 0.495 e. The number of aryl methyl sites for hydroxylation is 1. The molecule has 0 aliphatic rings. The van der Waals surface area contributed by atoms with Crippen LogP contribution in [0.4, 0.5) is 5.69 Å². The normalized spacial score (nSPS) is 11.4. The number of benzene rings is 2. The number of carbonyl (C=O) groups excluding carboxylic acids is 1. The molecule has 158 valence electrons. The Kier molecular flexibility index (Phi) is 7.64. The lowest BCUT2D eigenvalue weighted by Gasteiger charge is -2.19. The Morgan fingerprint density at radius 1 is 1.07 bits per heavy atom. The molecule has 0 atom stereocenters. The number of anilines is 1. The lowest BCUT2D eigenvalue weighted by molar-refractivity contribution is -0.118. The van der Waals surface area contributed by atoms with Crippen molar-refractivity contribution >= 4 is 21.6 Å². The van der Waals surface area contributed by atoms with Gasteiger partial charge in [0, 0.05) is 13.1 Å². The second kappa shape index (κ2) is 9.76. The zero-order valence-corrected chi connectivity index (χ0v) is 18.3.